The van der Waals surface area contributed by atoms with E-state index in [9.17, 15) is 23.8 Å². The van der Waals surface area contributed by atoms with Crippen LogP contribution in [-0.2, 0) is 18.9 Å². The van der Waals surface area contributed by atoms with Gasteiger partial charge in [0.1, 0.15) is 41.1 Å². The number of carbonyl (C=O) groups is 3. The molecule has 4 fully saturated rings. The van der Waals surface area contributed by atoms with E-state index in [4.69, 9.17) is 19.2 Å². The Bertz CT molecular complexity index is 2010. The van der Waals surface area contributed by atoms with Gasteiger partial charge in [0.05, 0.1) is 24.9 Å². The van der Waals surface area contributed by atoms with Crippen molar-refractivity contribution in [3.63, 3.8) is 0 Å². The summed E-state index contributed by atoms with van der Waals surface area (Å²) in [5.74, 6) is 0.223. The molecule has 56 heavy (non-hydrogen) atoms. The van der Waals surface area contributed by atoms with E-state index >= 15 is 0 Å². The number of ether oxygens (including phenoxy) is 3. The summed E-state index contributed by atoms with van der Waals surface area (Å²) in [6.07, 6.45) is 6.87. The van der Waals surface area contributed by atoms with Crippen molar-refractivity contribution in [1.82, 2.24) is 20.5 Å². The number of carbonyl (C=O) groups excluding carboxylic acids is 3. The van der Waals surface area contributed by atoms with Gasteiger partial charge < -0.3 is 34.6 Å². The molecule has 3 aliphatic carbocycles. The number of alkyl carbamates (subject to hydrolysis) is 1. The molecular formula is C43H55N4O8P. The van der Waals surface area contributed by atoms with E-state index in [0.717, 1.165) is 49.5 Å². The molecule has 7 rings (SSSR count). The van der Waals surface area contributed by atoms with Gasteiger partial charge in [-0.3, -0.25) is 14.2 Å². The number of nitrogens with zero attached hydrogens (tertiary/aromatic N) is 2. The number of hydrogen-bond acceptors (Lipinski definition) is 8. The fourth-order valence-electron chi connectivity index (χ4n) is 8.28. The first-order valence-corrected chi connectivity index (χ1v) is 21.8. The summed E-state index contributed by atoms with van der Waals surface area (Å²) in [6, 6.07) is 15.0. The largest absolute Gasteiger partial charge is 0.497 e. The number of amides is 3. The number of benzene rings is 2. The van der Waals surface area contributed by atoms with Gasteiger partial charge in [0.2, 0.25) is 19.2 Å². The molecule has 2 aromatic carbocycles. The molecule has 0 bridgehead atoms. The predicted octanol–water partition coefficient (Wildman–Crippen LogP) is 7.43. The summed E-state index contributed by atoms with van der Waals surface area (Å²) < 4.78 is 32.0. The molecule has 1 aromatic heterocycles. The van der Waals surface area contributed by atoms with Gasteiger partial charge in [0.25, 0.3) is 0 Å². The third-order valence-corrected chi connectivity index (χ3v) is 14.6. The highest BCUT2D eigenvalue weighted by Crippen LogP contribution is 2.70. The molecule has 2 heterocycles. The number of fused-ring (bicyclic) bond motifs is 1. The molecule has 3 aromatic rings. The monoisotopic (exact) mass is 786 g/mol. The molecule has 12 nitrogen and oxygen atoms in total. The maximum Gasteiger partial charge on any atom is 0.408 e. The van der Waals surface area contributed by atoms with Crippen LogP contribution in [0.15, 0.2) is 67.3 Å². The third kappa shape index (κ3) is 8.47. The number of methoxy groups -OCH3 is 1. The second kappa shape index (κ2) is 15.9. The number of rotatable bonds is 14. The predicted molar refractivity (Wildman–Crippen MR) is 215 cm³/mol. The van der Waals surface area contributed by atoms with Crippen molar-refractivity contribution < 1.29 is 38.1 Å². The van der Waals surface area contributed by atoms with Crippen LogP contribution in [0.2, 0.25) is 0 Å². The van der Waals surface area contributed by atoms with Crippen molar-refractivity contribution >= 4 is 36.2 Å². The van der Waals surface area contributed by atoms with Crippen LogP contribution in [0.25, 0.3) is 22.2 Å². The molecule has 1 aliphatic heterocycles. The van der Waals surface area contributed by atoms with Crippen molar-refractivity contribution in [2.75, 3.05) is 19.8 Å². The van der Waals surface area contributed by atoms with Crippen LogP contribution < -0.4 is 20.1 Å². The summed E-state index contributed by atoms with van der Waals surface area (Å²) >= 11 is 0. The summed E-state index contributed by atoms with van der Waals surface area (Å²) in [6.45, 7) is 9.47. The summed E-state index contributed by atoms with van der Waals surface area (Å²) in [5, 5.41) is 5.22. The maximum atomic E-state index is 14.8. The molecule has 0 radical (unpaired) electrons. The first-order valence-electron chi connectivity index (χ1n) is 20.0. The minimum absolute atomic E-state index is 0.0276. The van der Waals surface area contributed by atoms with Crippen molar-refractivity contribution in [3.8, 4) is 22.8 Å². The summed E-state index contributed by atoms with van der Waals surface area (Å²) in [7, 11) is -2.26. The number of aromatic nitrogens is 1. The average Bonchev–Trinajstić information content (AvgIpc) is 4.04. The second-order valence-electron chi connectivity index (χ2n) is 17.1. The Morgan fingerprint density at radius 2 is 1.80 bits per heavy atom. The lowest BCUT2D eigenvalue weighted by molar-refractivity contribution is -0.142. The average molecular weight is 787 g/mol. The molecule has 3 N–H and O–H groups in total. The van der Waals surface area contributed by atoms with Crippen LogP contribution in [0, 0.1) is 17.3 Å². The van der Waals surface area contributed by atoms with Gasteiger partial charge in [-0.2, -0.15) is 0 Å². The molecule has 300 valence electrons. The number of pyridine rings is 1. The van der Waals surface area contributed by atoms with Crippen LogP contribution in [0.5, 0.6) is 11.5 Å². The van der Waals surface area contributed by atoms with Gasteiger partial charge in [0, 0.05) is 41.6 Å². The first-order chi connectivity index (χ1) is 26.7. The molecule has 13 heteroatoms. The number of likely N-dealkylation sites (tertiary alicyclic amines) is 1. The standard InChI is InChI=1S/C43H55N4O8P/c1-6-29-25-43(29,56(51,52)21-20-27-16-17-27)46-39(48)36-23-32(26-47(36)40(49)38(42(2,3)4)45-41(50)55-30-14-10-11-15-30)54-37-24-34(28-12-8-7-9-13-28)44-35-22-31(53-5)18-19-33(35)37/h6-9,12-13,18-19,22,24,27,29-30,32,36,38H,1,10-11,14-17,20-21,23,25-26H2,2-5H3,(H,45,50)(H,46,48)(H,51,52)/t29?,32-,36+,38-,43?/m1/s1. The van der Waals surface area contributed by atoms with E-state index in [1.54, 1.807) is 13.2 Å². The number of hydrogen-bond donors (Lipinski definition) is 3. The van der Waals surface area contributed by atoms with Crippen molar-refractivity contribution in [2.24, 2.45) is 17.3 Å². The van der Waals surface area contributed by atoms with E-state index in [0.29, 0.717) is 41.5 Å². The summed E-state index contributed by atoms with van der Waals surface area (Å²) in [5.41, 5.74) is 1.45. The molecule has 3 saturated carbocycles. The van der Waals surface area contributed by atoms with E-state index in [2.05, 4.69) is 17.2 Å². The Labute approximate surface area is 329 Å². The van der Waals surface area contributed by atoms with E-state index in [1.165, 1.54) is 4.90 Å². The molecule has 4 aliphatic rings. The topological polar surface area (TPSA) is 156 Å². The lowest BCUT2D eigenvalue weighted by Gasteiger charge is -2.36. The smallest absolute Gasteiger partial charge is 0.408 e. The summed E-state index contributed by atoms with van der Waals surface area (Å²) in [4.78, 5) is 60.4. The first kappa shape index (κ1) is 39.8. The van der Waals surface area contributed by atoms with Crippen LogP contribution in [0.4, 0.5) is 4.79 Å². The van der Waals surface area contributed by atoms with Crippen LogP contribution in [0.1, 0.15) is 78.6 Å². The van der Waals surface area contributed by atoms with Crippen LogP contribution in [0.3, 0.4) is 0 Å². The van der Waals surface area contributed by atoms with Crippen LogP contribution in [-0.4, -0.2) is 82.1 Å². The second-order valence-corrected chi connectivity index (χ2v) is 19.8. The van der Waals surface area contributed by atoms with E-state index < -0.39 is 54.2 Å². The van der Waals surface area contributed by atoms with Gasteiger partial charge >= 0.3 is 6.09 Å². The van der Waals surface area contributed by atoms with E-state index in [1.807, 2.05) is 75.4 Å². The Morgan fingerprint density at radius 3 is 2.45 bits per heavy atom. The van der Waals surface area contributed by atoms with E-state index in [-0.39, 0.29) is 31.1 Å². The Kier molecular flexibility index (Phi) is 11.3. The molecule has 6 atom stereocenters. The fourth-order valence-corrected chi connectivity index (χ4v) is 10.8. The highest BCUT2D eigenvalue weighted by atomic mass is 31.2. The van der Waals surface area contributed by atoms with Gasteiger partial charge in [-0.25, -0.2) is 9.78 Å². The zero-order chi connectivity index (χ0) is 39.8. The van der Waals surface area contributed by atoms with Gasteiger partial charge in [-0.1, -0.05) is 70.0 Å². The maximum absolute atomic E-state index is 14.8. The minimum Gasteiger partial charge on any atom is -0.497 e. The lowest BCUT2D eigenvalue weighted by Crippen LogP contribution is -2.58. The Morgan fingerprint density at radius 1 is 1.07 bits per heavy atom. The number of nitrogens with one attached hydrogen (secondary N) is 2. The van der Waals surface area contributed by atoms with Gasteiger partial charge in [-0.15, -0.1) is 6.58 Å². The highest BCUT2D eigenvalue weighted by Gasteiger charge is 2.65. The molecule has 3 unspecified atom stereocenters. The lowest BCUT2D eigenvalue weighted by atomic mass is 9.85. The van der Waals surface area contributed by atoms with Gasteiger partial charge in [0.15, 0.2) is 0 Å². The zero-order valence-electron chi connectivity index (χ0n) is 32.9. The highest BCUT2D eigenvalue weighted by molar-refractivity contribution is 7.60. The van der Waals surface area contributed by atoms with Crippen LogP contribution >= 0.6 is 7.37 Å². The third-order valence-electron chi connectivity index (χ3n) is 11.9. The normalized spacial score (nSPS) is 25.2. The van der Waals surface area contributed by atoms with Crippen molar-refractivity contribution in [3.05, 3.63) is 67.3 Å². The zero-order valence-corrected chi connectivity index (χ0v) is 33.8. The fraction of sp³-hybridized carbons (Fsp3) is 0.535. The van der Waals surface area contributed by atoms with Crippen molar-refractivity contribution in [1.29, 1.82) is 0 Å². The Balaban J connectivity index is 1.20. The van der Waals surface area contributed by atoms with Crippen molar-refractivity contribution in [2.45, 2.75) is 108 Å². The Hall–Kier alpha value is -4.41. The molecule has 1 saturated heterocycles. The molecular weight excluding hydrogens is 731 g/mol. The molecule has 3 amide bonds. The van der Waals surface area contributed by atoms with Gasteiger partial charge in [-0.05, 0) is 62.0 Å². The quantitative estimate of drug-likeness (QED) is 0.112. The SMILES string of the molecule is C=CC1CC1(NC(=O)[C@@H]1C[C@@H](Oc2cc(-c3ccccc3)nc3cc(OC)ccc23)CN1C(=O)[C@@H](NC(=O)OC1CCCC1)C(C)(C)C)P(=O)(O)CCC1CC1. The molecule has 0 spiro atoms. The minimum atomic E-state index is -3.86.